The van der Waals surface area contributed by atoms with Crippen molar-refractivity contribution in [2.24, 2.45) is 5.73 Å². The van der Waals surface area contributed by atoms with Gasteiger partial charge in [-0.3, -0.25) is 9.97 Å². The lowest BCUT2D eigenvalue weighted by molar-refractivity contribution is -0.274. The number of aliphatic hydroxyl groups excluding tert-OH is 2. The van der Waals surface area contributed by atoms with Crippen LogP contribution >= 0.6 is 0 Å². The molecule has 0 amide bonds. The summed E-state index contributed by atoms with van der Waals surface area (Å²) >= 11 is 0. The topological polar surface area (TPSA) is 101 Å². The van der Waals surface area contributed by atoms with Crippen molar-refractivity contribution in [3.05, 3.63) is 53.9 Å². The first-order valence-corrected chi connectivity index (χ1v) is 7.95. The Labute approximate surface area is 152 Å². The van der Waals surface area contributed by atoms with Crippen LogP contribution in [0.25, 0.3) is 22.2 Å². The largest absolute Gasteiger partial charge is 0.573 e. The summed E-state index contributed by atoms with van der Waals surface area (Å²) in [5, 5.41) is 19.5. The number of rotatable bonds is 5. The molecule has 0 saturated heterocycles. The van der Waals surface area contributed by atoms with Gasteiger partial charge in [0.25, 0.3) is 0 Å². The van der Waals surface area contributed by atoms with Crippen LogP contribution in [0.2, 0.25) is 0 Å². The monoisotopic (exact) mass is 379 g/mol. The molecule has 1 aromatic heterocycles. The molecule has 6 nitrogen and oxygen atoms in total. The van der Waals surface area contributed by atoms with Gasteiger partial charge >= 0.3 is 6.36 Å². The van der Waals surface area contributed by atoms with Crippen LogP contribution in [0.3, 0.4) is 0 Å². The molecular weight excluding hydrogens is 363 g/mol. The molecule has 0 radical (unpaired) electrons. The number of ether oxygens (including phenoxy) is 1. The first-order valence-electron chi connectivity index (χ1n) is 7.95. The molecule has 0 aliphatic carbocycles. The summed E-state index contributed by atoms with van der Waals surface area (Å²) in [6, 6.07) is 7.01. The van der Waals surface area contributed by atoms with Gasteiger partial charge in [-0.25, -0.2) is 0 Å². The van der Waals surface area contributed by atoms with E-state index in [2.05, 4.69) is 14.7 Å². The normalized spacial score (nSPS) is 13.0. The third-order valence-electron chi connectivity index (χ3n) is 4.00. The van der Waals surface area contributed by atoms with Crippen molar-refractivity contribution in [2.45, 2.75) is 19.0 Å². The second-order valence-corrected chi connectivity index (χ2v) is 5.73. The molecule has 0 fully saturated rings. The molecule has 0 saturated carbocycles. The average molecular weight is 379 g/mol. The van der Waals surface area contributed by atoms with E-state index in [1.807, 2.05) is 0 Å². The average Bonchev–Trinajstić information content (AvgIpc) is 2.65. The lowest BCUT2D eigenvalue weighted by Crippen LogP contribution is -2.16. The molecule has 27 heavy (non-hydrogen) atoms. The van der Waals surface area contributed by atoms with Crippen molar-refractivity contribution in [1.82, 2.24) is 9.97 Å². The van der Waals surface area contributed by atoms with Crippen LogP contribution in [-0.4, -0.2) is 33.2 Å². The highest BCUT2D eigenvalue weighted by Gasteiger charge is 2.31. The standard InChI is InChI=1S/C18H16F3N3O3/c19-18(20,21)27-12-3-1-10(2-4-12)13-7-11(8-22)15(14(26)9-25)17-16(13)23-5-6-24-17/h1-7,14,25-26H,8-9,22H2. The molecule has 2 aromatic carbocycles. The van der Waals surface area contributed by atoms with Crippen LogP contribution in [0.4, 0.5) is 13.2 Å². The Hall–Kier alpha value is -2.75. The molecule has 1 unspecified atom stereocenters. The van der Waals surface area contributed by atoms with E-state index in [1.54, 1.807) is 6.07 Å². The fourth-order valence-corrected chi connectivity index (χ4v) is 2.89. The van der Waals surface area contributed by atoms with Crippen molar-refractivity contribution >= 4 is 11.0 Å². The van der Waals surface area contributed by atoms with Crippen molar-refractivity contribution in [2.75, 3.05) is 6.61 Å². The van der Waals surface area contributed by atoms with E-state index >= 15 is 0 Å². The van der Waals surface area contributed by atoms with Gasteiger partial charge < -0.3 is 20.7 Å². The number of aliphatic hydroxyl groups is 2. The van der Waals surface area contributed by atoms with Gasteiger partial charge in [0, 0.05) is 30.1 Å². The minimum Gasteiger partial charge on any atom is -0.406 e. The van der Waals surface area contributed by atoms with Gasteiger partial charge in [0.1, 0.15) is 11.9 Å². The predicted molar refractivity (Wildman–Crippen MR) is 91.6 cm³/mol. The Morgan fingerprint density at radius 3 is 2.26 bits per heavy atom. The zero-order valence-electron chi connectivity index (χ0n) is 13.9. The van der Waals surface area contributed by atoms with Gasteiger partial charge in [0.2, 0.25) is 0 Å². The zero-order chi connectivity index (χ0) is 19.6. The van der Waals surface area contributed by atoms with Gasteiger partial charge in [-0.15, -0.1) is 13.2 Å². The summed E-state index contributed by atoms with van der Waals surface area (Å²) in [5.41, 5.74) is 8.69. The van der Waals surface area contributed by atoms with E-state index < -0.39 is 19.1 Å². The molecule has 0 spiro atoms. The van der Waals surface area contributed by atoms with E-state index in [0.717, 1.165) is 0 Å². The van der Waals surface area contributed by atoms with Crippen molar-refractivity contribution < 1.29 is 28.1 Å². The van der Waals surface area contributed by atoms with Crippen LogP contribution in [0, 0.1) is 0 Å². The zero-order valence-corrected chi connectivity index (χ0v) is 13.9. The van der Waals surface area contributed by atoms with Crippen molar-refractivity contribution in [3.63, 3.8) is 0 Å². The van der Waals surface area contributed by atoms with Gasteiger partial charge in [-0.1, -0.05) is 12.1 Å². The smallest absolute Gasteiger partial charge is 0.406 e. The van der Waals surface area contributed by atoms with E-state index in [1.165, 1.54) is 36.7 Å². The molecule has 0 aliphatic heterocycles. The molecule has 3 rings (SSSR count). The lowest BCUT2D eigenvalue weighted by atomic mass is 9.93. The minimum atomic E-state index is -4.77. The number of halogens is 3. The van der Waals surface area contributed by atoms with Crippen LogP contribution in [0.5, 0.6) is 5.75 Å². The van der Waals surface area contributed by atoms with Gasteiger partial charge in [-0.05, 0) is 29.3 Å². The molecule has 4 N–H and O–H groups in total. The Balaban J connectivity index is 2.15. The molecule has 9 heteroatoms. The quantitative estimate of drug-likeness (QED) is 0.630. The van der Waals surface area contributed by atoms with Crippen LogP contribution in [0.1, 0.15) is 17.2 Å². The Morgan fingerprint density at radius 2 is 1.70 bits per heavy atom. The molecule has 1 heterocycles. The number of nitrogens with zero attached hydrogens (tertiary/aromatic N) is 2. The number of aromatic nitrogens is 2. The Kier molecular flexibility index (Phi) is 5.26. The third kappa shape index (κ3) is 4.00. The Morgan fingerprint density at radius 1 is 1.07 bits per heavy atom. The summed E-state index contributed by atoms with van der Waals surface area (Å²) in [4.78, 5) is 8.53. The number of hydrogen-bond acceptors (Lipinski definition) is 6. The number of fused-ring (bicyclic) bond motifs is 1. The van der Waals surface area contributed by atoms with E-state index in [0.29, 0.717) is 33.3 Å². The number of nitrogens with two attached hydrogens (primary N) is 1. The number of alkyl halides is 3. The van der Waals surface area contributed by atoms with E-state index in [-0.39, 0.29) is 12.3 Å². The summed E-state index contributed by atoms with van der Waals surface area (Å²) in [6.45, 7) is -0.442. The van der Waals surface area contributed by atoms with Crippen molar-refractivity contribution in [3.8, 4) is 16.9 Å². The maximum absolute atomic E-state index is 12.3. The van der Waals surface area contributed by atoms with Crippen LogP contribution < -0.4 is 10.5 Å². The van der Waals surface area contributed by atoms with Gasteiger partial charge in [0.15, 0.2) is 0 Å². The lowest BCUT2D eigenvalue weighted by Gasteiger charge is -2.18. The maximum atomic E-state index is 12.3. The molecular formula is C18H16F3N3O3. The maximum Gasteiger partial charge on any atom is 0.573 e. The molecule has 142 valence electrons. The molecule has 1 atom stereocenters. The fourth-order valence-electron chi connectivity index (χ4n) is 2.89. The highest BCUT2D eigenvalue weighted by Crippen LogP contribution is 2.35. The summed E-state index contributed by atoms with van der Waals surface area (Å²) < 4.78 is 40.9. The van der Waals surface area contributed by atoms with Crippen LogP contribution in [0.15, 0.2) is 42.7 Å². The fraction of sp³-hybridized carbons (Fsp3) is 0.222. The molecule has 0 bridgehead atoms. The first-order chi connectivity index (χ1) is 12.8. The third-order valence-corrected chi connectivity index (χ3v) is 4.00. The Bertz CT molecular complexity index is 946. The second-order valence-electron chi connectivity index (χ2n) is 5.73. The van der Waals surface area contributed by atoms with Crippen LogP contribution in [-0.2, 0) is 6.54 Å². The minimum absolute atomic E-state index is 0.0706. The number of hydrogen-bond donors (Lipinski definition) is 3. The first kappa shape index (κ1) is 19.0. The van der Waals surface area contributed by atoms with Gasteiger partial charge in [0.05, 0.1) is 17.6 Å². The molecule has 3 aromatic rings. The highest BCUT2D eigenvalue weighted by atomic mass is 19.4. The summed E-state index contributed by atoms with van der Waals surface area (Å²) in [7, 11) is 0. The van der Waals surface area contributed by atoms with Gasteiger partial charge in [-0.2, -0.15) is 0 Å². The summed E-state index contributed by atoms with van der Waals surface area (Å²) in [5.74, 6) is -0.340. The van der Waals surface area contributed by atoms with Crippen molar-refractivity contribution in [1.29, 1.82) is 0 Å². The van der Waals surface area contributed by atoms with E-state index in [9.17, 15) is 23.4 Å². The van der Waals surface area contributed by atoms with E-state index in [4.69, 9.17) is 5.73 Å². The molecule has 0 aliphatic rings. The predicted octanol–water partition coefficient (Wildman–Crippen LogP) is 2.68. The SMILES string of the molecule is NCc1cc(-c2ccc(OC(F)(F)F)cc2)c2nccnc2c1C(O)CO. The second kappa shape index (κ2) is 7.47. The number of benzene rings is 2. The summed E-state index contributed by atoms with van der Waals surface area (Å²) in [6.07, 6.45) is -3.04. The highest BCUT2D eigenvalue weighted by molar-refractivity contribution is 5.94.